The Balaban J connectivity index is 0.00000264. The Morgan fingerprint density at radius 1 is 1.48 bits per heavy atom. The number of nitrogens with one attached hydrogen (secondary N) is 1. The number of aliphatic imine (C=N–C) groups is 1. The van der Waals surface area contributed by atoms with E-state index in [9.17, 15) is 5.11 Å². The molecule has 0 saturated carbocycles. The molecule has 1 aromatic rings. The summed E-state index contributed by atoms with van der Waals surface area (Å²) in [6.07, 6.45) is 3.33. The number of β-amino-alcohol motifs (C(OH)–C–C–N with tert-alkyl or cyclic N) is 1. The van der Waals surface area contributed by atoms with Crippen molar-refractivity contribution in [1.82, 2.24) is 15.2 Å². The van der Waals surface area contributed by atoms with Crippen LogP contribution in [0.4, 0.5) is 0 Å². The molecule has 2 rings (SSSR count). The number of nitrogens with zero attached hydrogens (tertiary/aromatic N) is 3. The summed E-state index contributed by atoms with van der Waals surface area (Å²) in [6.45, 7) is 7.67. The standard InChI is InChI=1S/C16H26N4O2.HI/c1-3-9-22-15-6-5-13(10-18-15)11-19-16(17-4-2)20-8-7-14(21)12-20;/h5-6,10,14,21H,3-4,7-9,11-12H2,1-2H3,(H,17,19);1H/t14-;/m1./s1. The summed E-state index contributed by atoms with van der Waals surface area (Å²) in [5.41, 5.74) is 1.04. The van der Waals surface area contributed by atoms with Crippen molar-refractivity contribution >= 4 is 29.9 Å². The molecule has 0 spiro atoms. The quantitative estimate of drug-likeness (QED) is 0.408. The van der Waals surface area contributed by atoms with Gasteiger partial charge in [0.05, 0.1) is 19.3 Å². The number of hydrogen-bond donors (Lipinski definition) is 2. The highest BCUT2D eigenvalue weighted by Gasteiger charge is 2.22. The van der Waals surface area contributed by atoms with Gasteiger partial charge in [0.1, 0.15) is 0 Å². The van der Waals surface area contributed by atoms with E-state index in [1.54, 1.807) is 6.20 Å². The molecule has 1 saturated heterocycles. The Hall–Kier alpha value is -1.09. The van der Waals surface area contributed by atoms with Crippen LogP contribution < -0.4 is 10.1 Å². The first-order chi connectivity index (χ1) is 10.7. The number of aromatic nitrogens is 1. The van der Waals surface area contributed by atoms with Gasteiger partial charge in [-0.2, -0.15) is 0 Å². The number of halogens is 1. The molecule has 130 valence electrons. The number of pyridine rings is 1. The third-order valence-corrected chi connectivity index (χ3v) is 3.46. The van der Waals surface area contributed by atoms with E-state index in [0.29, 0.717) is 25.6 Å². The SMILES string of the molecule is CCCOc1ccc(CN=C(NCC)N2CC[C@@H](O)C2)cn1.I. The smallest absolute Gasteiger partial charge is 0.213 e. The van der Waals surface area contributed by atoms with Gasteiger partial charge in [0, 0.05) is 31.9 Å². The second kappa shape index (κ2) is 10.6. The normalized spacial score (nSPS) is 17.8. The molecule has 7 heteroatoms. The first-order valence-electron chi connectivity index (χ1n) is 8.02. The van der Waals surface area contributed by atoms with Crippen LogP contribution in [0.15, 0.2) is 23.3 Å². The third-order valence-electron chi connectivity index (χ3n) is 3.46. The summed E-state index contributed by atoms with van der Waals surface area (Å²) in [6, 6.07) is 3.87. The van der Waals surface area contributed by atoms with E-state index < -0.39 is 0 Å². The third kappa shape index (κ3) is 6.50. The lowest BCUT2D eigenvalue weighted by Gasteiger charge is -2.20. The fourth-order valence-corrected chi connectivity index (χ4v) is 2.32. The first-order valence-corrected chi connectivity index (χ1v) is 8.02. The predicted octanol–water partition coefficient (Wildman–Crippen LogP) is 2.02. The monoisotopic (exact) mass is 434 g/mol. The van der Waals surface area contributed by atoms with E-state index in [1.807, 2.05) is 19.1 Å². The minimum atomic E-state index is -0.250. The Bertz CT molecular complexity index is 481. The van der Waals surface area contributed by atoms with Crippen LogP contribution in [-0.2, 0) is 6.54 Å². The zero-order valence-corrected chi connectivity index (χ0v) is 16.2. The summed E-state index contributed by atoms with van der Waals surface area (Å²) in [4.78, 5) is 11.0. The lowest BCUT2D eigenvalue weighted by atomic mass is 10.3. The van der Waals surface area contributed by atoms with Gasteiger partial charge in [-0.15, -0.1) is 24.0 Å². The highest BCUT2D eigenvalue weighted by molar-refractivity contribution is 14.0. The van der Waals surface area contributed by atoms with E-state index >= 15 is 0 Å². The molecule has 1 aliphatic heterocycles. The van der Waals surface area contributed by atoms with Crippen molar-refractivity contribution in [2.45, 2.75) is 39.3 Å². The number of aliphatic hydroxyl groups excluding tert-OH is 1. The van der Waals surface area contributed by atoms with Crippen LogP contribution in [0.2, 0.25) is 0 Å². The van der Waals surface area contributed by atoms with Gasteiger partial charge in [-0.05, 0) is 25.3 Å². The fourth-order valence-electron chi connectivity index (χ4n) is 2.32. The van der Waals surface area contributed by atoms with Gasteiger partial charge in [0.2, 0.25) is 5.88 Å². The average molecular weight is 434 g/mol. The van der Waals surface area contributed by atoms with Crippen molar-refractivity contribution in [2.24, 2.45) is 4.99 Å². The molecule has 2 heterocycles. The van der Waals surface area contributed by atoms with Crippen molar-refractivity contribution < 1.29 is 9.84 Å². The average Bonchev–Trinajstić information content (AvgIpc) is 2.97. The lowest BCUT2D eigenvalue weighted by Crippen LogP contribution is -2.40. The van der Waals surface area contributed by atoms with Crippen molar-refractivity contribution in [1.29, 1.82) is 0 Å². The molecule has 23 heavy (non-hydrogen) atoms. The molecule has 2 N–H and O–H groups in total. The number of rotatable bonds is 6. The summed E-state index contributed by atoms with van der Waals surface area (Å²) in [5, 5.41) is 12.9. The van der Waals surface area contributed by atoms with E-state index in [1.165, 1.54) is 0 Å². The molecule has 1 aliphatic rings. The number of ether oxygens (including phenoxy) is 1. The van der Waals surface area contributed by atoms with Crippen LogP contribution in [0.5, 0.6) is 5.88 Å². The minimum absolute atomic E-state index is 0. The fraction of sp³-hybridized carbons (Fsp3) is 0.625. The van der Waals surface area contributed by atoms with Gasteiger partial charge < -0.3 is 20.1 Å². The van der Waals surface area contributed by atoms with Crippen LogP contribution in [0.1, 0.15) is 32.3 Å². The molecule has 0 amide bonds. The van der Waals surface area contributed by atoms with Crippen LogP contribution in [0.25, 0.3) is 0 Å². The van der Waals surface area contributed by atoms with Crippen molar-refractivity contribution in [3.63, 3.8) is 0 Å². The first kappa shape index (κ1) is 20.0. The topological polar surface area (TPSA) is 70.0 Å². The van der Waals surface area contributed by atoms with Gasteiger partial charge in [0.15, 0.2) is 5.96 Å². The van der Waals surface area contributed by atoms with Crippen molar-refractivity contribution in [3.05, 3.63) is 23.9 Å². The molecule has 0 aliphatic carbocycles. The van der Waals surface area contributed by atoms with Gasteiger partial charge in [-0.1, -0.05) is 13.0 Å². The maximum absolute atomic E-state index is 9.65. The molecule has 6 nitrogen and oxygen atoms in total. The van der Waals surface area contributed by atoms with Crippen LogP contribution >= 0.6 is 24.0 Å². The molecule has 0 unspecified atom stereocenters. The Labute approximate surface area is 155 Å². The second-order valence-corrected chi connectivity index (χ2v) is 5.41. The number of likely N-dealkylation sites (tertiary alicyclic amines) is 1. The Morgan fingerprint density at radius 3 is 2.87 bits per heavy atom. The van der Waals surface area contributed by atoms with E-state index in [4.69, 9.17) is 4.74 Å². The molecule has 0 aromatic carbocycles. The highest BCUT2D eigenvalue weighted by atomic mass is 127. The number of guanidine groups is 1. The largest absolute Gasteiger partial charge is 0.478 e. The predicted molar refractivity (Wildman–Crippen MR) is 102 cm³/mol. The van der Waals surface area contributed by atoms with Crippen molar-refractivity contribution in [2.75, 3.05) is 26.2 Å². The van der Waals surface area contributed by atoms with Gasteiger partial charge in [-0.3, -0.25) is 0 Å². The molecular weight excluding hydrogens is 407 g/mol. The van der Waals surface area contributed by atoms with E-state index in [0.717, 1.165) is 37.5 Å². The lowest BCUT2D eigenvalue weighted by molar-refractivity contribution is 0.188. The molecule has 0 bridgehead atoms. The molecule has 1 atom stereocenters. The molecule has 0 radical (unpaired) electrons. The summed E-state index contributed by atoms with van der Waals surface area (Å²) in [7, 11) is 0. The second-order valence-electron chi connectivity index (χ2n) is 5.41. The van der Waals surface area contributed by atoms with Crippen LogP contribution in [0.3, 0.4) is 0 Å². The number of hydrogen-bond acceptors (Lipinski definition) is 4. The number of aliphatic hydroxyl groups is 1. The molecular formula is C16H27IN4O2. The Kier molecular flexibility index (Phi) is 9.23. The van der Waals surface area contributed by atoms with Crippen molar-refractivity contribution in [3.8, 4) is 5.88 Å². The highest BCUT2D eigenvalue weighted by Crippen LogP contribution is 2.11. The Morgan fingerprint density at radius 2 is 2.30 bits per heavy atom. The molecule has 1 fully saturated rings. The minimum Gasteiger partial charge on any atom is -0.478 e. The zero-order valence-electron chi connectivity index (χ0n) is 13.9. The maximum atomic E-state index is 9.65. The summed E-state index contributed by atoms with van der Waals surface area (Å²) in [5.74, 6) is 1.51. The maximum Gasteiger partial charge on any atom is 0.213 e. The van der Waals surface area contributed by atoms with Gasteiger partial charge >= 0.3 is 0 Å². The van der Waals surface area contributed by atoms with Crippen LogP contribution in [0, 0.1) is 0 Å². The zero-order chi connectivity index (χ0) is 15.8. The summed E-state index contributed by atoms with van der Waals surface area (Å²) >= 11 is 0. The van der Waals surface area contributed by atoms with Gasteiger partial charge in [0.25, 0.3) is 0 Å². The van der Waals surface area contributed by atoms with E-state index in [2.05, 4.69) is 27.1 Å². The van der Waals surface area contributed by atoms with E-state index in [-0.39, 0.29) is 30.1 Å². The van der Waals surface area contributed by atoms with Gasteiger partial charge in [-0.25, -0.2) is 9.98 Å². The summed E-state index contributed by atoms with van der Waals surface area (Å²) < 4.78 is 5.47. The molecule has 1 aromatic heterocycles. The van der Waals surface area contributed by atoms with Crippen LogP contribution in [-0.4, -0.2) is 53.3 Å².